The molecule has 2 atom stereocenters. The van der Waals surface area contributed by atoms with Crippen molar-refractivity contribution in [3.05, 3.63) is 26.8 Å². The number of rotatable bonds is 8. The summed E-state index contributed by atoms with van der Waals surface area (Å²) in [5, 5.41) is 1.06. The standard InChI is InChI=1S/C23H34ClN5O4S2/c1-26-11-13-27(14-12-26)16-18-4-2-10-29(18)22(30)17-28-9-3-5-20(23(28)31)25-35(32,33)15-8-19-6-7-21(24)34-19/h6-8,15,18,20,25H,2-5,9-14,16-17H2,1H3/t18-,20-/m0/s1. The molecule has 0 spiro atoms. The Morgan fingerprint density at radius 3 is 2.60 bits per heavy atom. The van der Waals surface area contributed by atoms with E-state index >= 15 is 0 Å². The lowest BCUT2D eigenvalue weighted by Gasteiger charge is -2.37. The molecule has 3 saturated heterocycles. The first kappa shape index (κ1) is 26.6. The van der Waals surface area contributed by atoms with Crippen molar-refractivity contribution in [2.45, 2.75) is 37.8 Å². The second kappa shape index (κ2) is 11.7. The van der Waals surface area contributed by atoms with Crippen molar-refractivity contribution in [1.82, 2.24) is 24.3 Å². The molecule has 0 aromatic carbocycles. The van der Waals surface area contributed by atoms with Gasteiger partial charge in [-0.1, -0.05) is 11.6 Å². The zero-order chi connectivity index (χ0) is 25.0. The Hall–Kier alpha value is -1.50. The Balaban J connectivity index is 1.31. The Kier molecular flexibility index (Phi) is 8.88. The number of carbonyl (C=O) groups is 2. The van der Waals surface area contributed by atoms with Gasteiger partial charge in [-0.2, -0.15) is 4.72 Å². The van der Waals surface area contributed by atoms with E-state index in [1.54, 1.807) is 12.1 Å². The number of likely N-dealkylation sites (N-methyl/N-ethyl adjacent to an activating group) is 1. The average molecular weight is 544 g/mol. The van der Waals surface area contributed by atoms with Crippen LogP contribution in [0.3, 0.4) is 0 Å². The summed E-state index contributed by atoms with van der Waals surface area (Å²) in [5.41, 5.74) is 0. The van der Waals surface area contributed by atoms with Gasteiger partial charge in [-0.3, -0.25) is 14.5 Å². The SMILES string of the molecule is CN1CCN(C[C@@H]2CCCN2C(=O)CN2CCC[C@H](NS(=O)(=O)C=Cc3ccc(Cl)s3)C2=O)CC1. The van der Waals surface area contributed by atoms with Crippen LogP contribution in [0.25, 0.3) is 6.08 Å². The van der Waals surface area contributed by atoms with E-state index in [0.29, 0.717) is 35.1 Å². The molecule has 194 valence electrons. The fourth-order valence-corrected chi connectivity index (χ4v) is 7.02. The monoisotopic (exact) mass is 543 g/mol. The van der Waals surface area contributed by atoms with Gasteiger partial charge in [-0.05, 0) is 50.9 Å². The molecule has 1 aromatic rings. The van der Waals surface area contributed by atoms with Crippen LogP contribution in [0.4, 0.5) is 0 Å². The van der Waals surface area contributed by atoms with E-state index in [2.05, 4.69) is 21.6 Å². The van der Waals surface area contributed by atoms with Gasteiger partial charge in [0, 0.05) is 62.1 Å². The topological polar surface area (TPSA) is 93.3 Å². The molecule has 35 heavy (non-hydrogen) atoms. The van der Waals surface area contributed by atoms with Crippen molar-refractivity contribution in [3.8, 4) is 0 Å². The zero-order valence-electron chi connectivity index (χ0n) is 20.1. The van der Waals surface area contributed by atoms with Gasteiger partial charge in [0.15, 0.2) is 0 Å². The molecule has 4 heterocycles. The number of likely N-dealkylation sites (tertiary alicyclic amines) is 2. The van der Waals surface area contributed by atoms with Gasteiger partial charge in [0.1, 0.15) is 6.04 Å². The summed E-state index contributed by atoms with van der Waals surface area (Å²) in [4.78, 5) is 35.1. The molecule has 0 bridgehead atoms. The highest BCUT2D eigenvalue weighted by molar-refractivity contribution is 7.92. The molecule has 4 rings (SSSR count). The lowest BCUT2D eigenvalue weighted by molar-refractivity contribution is -0.143. The van der Waals surface area contributed by atoms with Crippen LogP contribution < -0.4 is 4.72 Å². The third kappa shape index (κ3) is 7.27. The summed E-state index contributed by atoms with van der Waals surface area (Å²) < 4.78 is 28.1. The summed E-state index contributed by atoms with van der Waals surface area (Å²) in [6, 6.07) is 2.74. The maximum absolute atomic E-state index is 13.2. The molecule has 0 unspecified atom stereocenters. The molecule has 2 amide bonds. The Bertz CT molecular complexity index is 1040. The highest BCUT2D eigenvalue weighted by atomic mass is 35.5. The van der Waals surface area contributed by atoms with E-state index in [-0.39, 0.29) is 24.4 Å². The van der Waals surface area contributed by atoms with Crippen molar-refractivity contribution in [3.63, 3.8) is 0 Å². The average Bonchev–Trinajstić information content (AvgIpc) is 3.45. The fourth-order valence-electron chi connectivity index (χ4n) is 4.96. The summed E-state index contributed by atoms with van der Waals surface area (Å²) in [6.07, 6.45) is 4.47. The molecule has 1 N–H and O–H groups in total. The zero-order valence-corrected chi connectivity index (χ0v) is 22.5. The summed E-state index contributed by atoms with van der Waals surface area (Å²) in [7, 11) is -1.69. The van der Waals surface area contributed by atoms with Crippen molar-refractivity contribution in [2.24, 2.45) is 0 Å². The highest BCUT2D eigenvalue weighted by Gasteiger charge is 2.36. The smallest absolute Gasteiger partial charge is 0.242 e. The Morgan fingerprint density at radius 2 is 1.89 bits per heavy atom. The number of thiophene rings is 1. The van der Waals surface area contributed by atoms with Crippen molar-refractivity contribution in [2.75, 3.05) is 59.4 Å². The van der Waals surface area contributed by atoms with Crippen LogP contribution in [0.15, 0.2) is 17.5 Å². The molecule has 3 aliphatic heterocycles. The third-order valence-electron chi connectivity index (χ3n) is 6.93. The first-order valence-electron chi connectivity index (χ1n) is 12.1. The molecule has 12 heteroatoms. The number of amides is 2. The molecule has 9 nitrogen and oxygen atoms in total. The Morgan fingerprint density at radius 1 is 1.14 bits per heavy atom. The first-order valence-corrected chi connectivity index (χ1v) is 14.9. The van der Waals surface area contributed by atoms with Crippen molar-refractivity contribution < 1.29 is 18.0 Å². The number of carbonyl (C=O) groups excluding carboxylic acids is 2. The van der Waals surface area contributed by atoms with E-state index < -0.39 is 16.1 Å². The number of hydrogen-bond acceptors (Lipinski definition) is 7. The van der Waals surface area contributed by atoms with E-state index in [0.717, 1.165) is 51.0 Å². The molecule has 0 radical (unpaired) electrons. The van der Waals surface area contributed by atoms with Gasteiger partial charge in [0.05, 0.1) is 10.9 Å². The van der Waals surface area contributed by atoms with Gasteiger partial charge >= 0.3 is 0 Å². The van der Waals surface area contributed by atoms with E-state index in [1.165, 1.54) is 22.3 Å². The van der Waals surface area contributed by atoms with E-state index in [1.807, 2.05) is 4.90 Å². The number of sulfonamides is 1. The number of nitrogens with zero attached hydrogens (tertiary/aromatic N) is 4. The largest absolute Gasteiger partial charge is 0.337 e. The molecule has 1 aromatic heterocycles. The maximum atomic E-state index is 13.2. The van der Waals surface area contributed by atoms with Crippen molar-refractivity contribution in [1.29, 1.82) is 0 Å². The maximum Gasteiger partial charge on any atom is 0.242 e. The third-order valence-corrected chi connectivity index (χ3v) is 9.23. The van der Waals surface area contributed by atoms with Crippen LogP contribution in [0.1, 0.15) is 30.6 Å². The minimum absolute atomic E-state index is 0.000166. The molecule has 3 fully saturated rings. The quantitative estimate of drug-likeness (QED) is 0.534. The fraction of sp³-hybridized carbons (Fsp3) is 0.652. The second-order valence-electron chi connectivity index (χ2n) is 9.55. The van der Waals surface area contributed by atoms with Crippen LogP contribution in [-0.4, -0.2) is 111 Å². The van der Waals surface area contributed by atoms with Crippen LogP contribution in [0.5, 0.6) is 0 Å². The van der Waals surface area contributed by atoms with Gasteiger partial charge in [-0.15, -0.1) is 11.3 Å². The van der Waals surface area contributed by atoms with Gasteiger partial charge in [-0.25, -0.2) is 8.42 Å². The first-order chi connectivity index (χ1) is 16.7. The molecular weight excluding hydrogens is 510 g/mol. The van der Waals surface area contributed by atoms with Crippen LogP contribution in [-0.2, 0) is 19.6 Å². The van der Waals surface area contributed by atoms with E-state index in [4.69, 9.17) is 11.6 Å². The molecule has 3 aliphatic rings. The lowest BCUT2D eigenvalue weighted by Crippen LogP contribution is -2.55. The summed E-state index contributed by atoms with van der Waals surface area (Å²) in [6.45, 7) is 6.14. The van der Waals surface area contributed by atoms with Gasteiger partial charge in [0.25, 0.3) is 0 Å². The summed E-state index contributed by atoms with van der Waals surface area (Å²) in [5.74, 6) is -0.386. The normalized spacial score (nSPS) is 25.1. The molecular formula is C23H34ClN5O4S2. The predicted molar refractivity (Wildman–Crippen MR) is 139 cm³/mol. The van der Waals surface area contributed by atoms with Crippen LogP contribution >= 0.6 is 22.9 Å². The van der Waals surface area contributed by atoms with Gasteiger partial charge < -0.3 is 14.7 Å². The van der Waals surface area contributed by atoms with Gasteiger partial charge in [0.2, 0.25) is 21.8 Å². The minimum Gasteiger partial charge on any atom is -0.337 e. The Labute approximate surface area is 216 Å². The van der Waals surface area contributed by atoms with Crippen LogP contribution in [0.2, 0.25) is 4.34 Å². The number of halogens is 1. The van der Waals surface area contributed by atoms with E-state index in [9.17, 15) is 18.0 Å². The molecule has 0 saturated carbocycles. The lowest BCUT2D eigenvalue weighted by atomic mass is 10.1. The van der Waals surface area contributed by atoms with Crippen molar-refractivity contribution >= 4 is 50.9 Å². The second-order valence-corrected chi connectivity index (χ2v) is 12.9. The highest BCUT2D eigenvalue weighted by Crippen LogP contribution is 2.23. The predicted octanol–water partition coefficient (Wildman–Crippen LogP) is 1.52. The number of nitrogens with one attached hydrogen (secondary N) is 1. The minimum atomic E-state index is -3.82. The number of piperazine rings is 1. The number of hydrogen-bond donors (Lipinski definition) is 1. The summed E-state index contributed by atoms with van der Waals surface area (Å²) >= 11 is 7.16. The molecule has 0 aliphatic carbocycles. The number of piperidine rings is 1. The van der Waals surface area contributed by atoms with Crippen LogP contribution in [0, 0.1) is 0 Å².